The molecule has 0 radical (unpaired) electrons. The molecule has 2 amide bonds. The number of urea groups is 1. The number of amides is 2. The Morgan fingerprint density at radius 3 is 2.38 bits per heavy atom. The van der Waals surface area contributed by atoms with Crippen LogP contribution < -0.4 is 16.2 Å². The lowest BCUT2D eigenvalue weighted by Crippen LogP contribution is -2.22. The van der Waals surface area contributed by atoms with Crippen molar-refractivity contribution in [2.24, 2.45) is 0 Å². The quantitative estimate of drug-likeness (QED) is 0.342. The average molecular weight is 487 g/mol. The van der Waals surface area contributed by atoms with Crippen molar-refractivity contribution in [1.29, 1.82) is 0 Å². The molecule has 4 aromatic rings. The molecule has 0 aliphatic heterocycles. The molecule has 0 unspecified atom stereocenters. The summed E-state index contributed by atoms with van der Waals surface area (Å²) in [6.45, 7) is 3.81. The predicted octanol–water partition coefficient (Wildman–Crippen LogP) is 6.11. The van der Waals surface area contributed by atoms with E-state index in [0.717, 1.165) is 12.1 Å². The molecule has 2 N–H and O–H groups in total. The third kappa shape index (κ3) is 4.60. The molecule has 34 heavy (non-hydrogen) atoms. The molecule has 0 atom stereocenters. The first-order chi connectivity index (χ1) is 16.2. The Hall–Kier alpha value is -3.85. The van der Waals surface area contributed by atoms with Crippen molar-refractivity contribution < 1.29 is 18.0 Å². The predicted molar refractivity (Wildman–Crippen MR) is 126 cm³/mol. The molecule has 0 fully saturated rings. The van der Waals surface area contributed by atoms with Crippen molar-refractivity contribution in [2.75, 3.05) is 10.6 Å². The molecular formula is C24H18ClF3N4O2. The van der Waals surface area contributed by atoms with Crippen molar-refractivity contribution in [2.45, 2.75) is 20.4 Å². The largest absolute Gasteiger partial charge is 0.323 e. The zero-order valence-electron chi connectivity index (χ0n) is 18.0. The highest BCUT2D eigenvalue weighted by Crippen LogP contribution is 2.29. The van der Waals surface area contributed by atoms with Gasteiger partial charge in [0.15, 0.2) is 0 Å². The number of aryl methyl sites for hydroxylation is 2. The van der Waals surface area contributed by atoms with Crippen LogP contribution in [-0.4, -0.2) is 15.6 Å². The zero-order valence-corrected chi connectivity index (χ0v) is 18.8. The van der Waals surface area contributed by atoms with E-state index in [4.69, 9.17) is 11.6 Å². The first-order valence-corrected chi connectivity index (χ1v) is 10.6. The Morgan fingerprint density at radius 2 is 1.71 bits per heavy atom. The SMILES string of the molecule is CCn1c(=O)c(-c2cc(NC(=O)Nc3cc(F)cc(F)c3)c(F)cc2C)cc2cnc(Cl)cc21. The van der Waals surface area contributed by atoms with Gasteiger partial charge in [0.2, 0.25) is 0 Å². The molecule has 0 bridgehead atoms. The van der Waals surface area contributed by atoms with Gasteiger partial charge in [-0.05, 0) is 61.4 Å². The summed E-state index contributed by atoms with van der Waals surface area (Å²) in [5.41, 5.74) is 1.08. The van der Waals surface area contributed by atoms with Crippen LogP contribution in [0.2, 0.25) is 5.15 Å². The fraction of sp³-hybridized carbons (Fsp3) is 0.125. The molecule has 2 heterocycles. The number of anilines is 2. The van der Waals surface area contributed by atoms with E-state index >= 15 is 0 Å². The lowest BCUT2D eigenvalue weighted by Gasteiger charge is -2.15. The molecular weight excluding hydrogens is 469 g/mol. The molecule has 2 aromatic heterocycles. The molecule has 0 saturated carbocycles. The van der Waals surface area contributed by atoms with Crippen LogP contribution in [0.1, 0.15) is 12.5 Å². The van der Waals surface area contributed by atoms with Crippen LogP contribution in [0.3, 0.4) is 0 Å². The lowest BCUT2D eigenvalue weighted by molar-refractivity contribution is 0.262. The molecule has 0 aliphatic rings. The van der Waals surface area contributed by atoms with Gasteiger partial charge in [0.25, 0.3) is 5.56 Å². The highest BCUT2D eigenvalue weighted by Gasteiger charge is 2.17. The zero-order chi connectivity index (χ0) is 24.6. The number of nitrogens with zero attached hydrogens (tertiary/aromatic N) is 2. The summed E-state index contributed by atoms with van der Waals surface area (Å²) in [6.07, 6.45) is 1.54. The highest BCUT2D eigenvalue weighted by atomic mass is 35.5. The number of benzene rings is 2. The second kappa shape index (κ2) is 9.18. The standard InChI is InChI=1S/C24H18ClF3N4O2/c1-3-32-21-10-22(25)29-11-13(21)5-18(23(32)33)17-9-20(19(28)4-12(17)2)31-24(34)30-16-7-14(26)6-15(27)8-16/h4-11H,3H2,1-2H3,(H2,30,31,34). The summed E-state index contributed by atoms with van der Waals surface area (Å²) < 4.78 is 42.9. The van der Waals surface area contributed by atoms with Gasteiger partial charge in [0, 0.05) is 35.4 Å². The number of aromatic nitrogens is 2. The van der Waals surface area contributed by atoms with E-state index in [9.17, 15) is 22.8 Å². The number of pyridine rings is 2. The Bertz CT molecular complexity index is 1480. The minimum atomic E-state index is -0.915. The normalized spacial score (nSPS) is 11.0. The summed E-state index contributed by atoms with van der Waals surface area (Å²) >= 11 is 5.99. The second-order valence-corrected chi connectivity index (χ2v) is 7.94. The van der Waals surface area contributed by atoms with E-state index in [1.165, 1.54) is 22.9 Å². The maximum Gasteiger partial charge on any atom is 0.323 e. The first kappa shape index (κ1) is 23.3. The Morgan fingerprint density at radius 1 is 1.00 bits per heavy atom. The fourth-order valence-electron chi connectivity index (χ4n) is 3.72. The van der Waals surface area contributed by atoms with Crippen molar-refractivity contribution in [3.8, 4) is 11.1 Å². The van der Waals surface area contributed by atoms with Crippen molar-refractivity contribution in [3.63, 3.8) is 0 Å². The third-order valence-corrected chi connectivity index (χ3v) is 5.44. The topological polar surface area (TPSA) is 76.0 Å². The summed E-state index contributed by atoms with van der Waals surface area (Å²) in [4.78, 5) is 29.6. The van der Waals surface area contributed by atoms with Crippen molar-refractivity contribution >= 4 is 39.9 Å². The van der Waals surface area contributed by atoms with Gasteiger partial charge in [-0.25, -0.2) is 22.9 Å². The summed E-state index contributed by atoms with van der Waals surface area (Å²) in [5.74, 6) is -2.50. The molecule has 174 valence electrons. The van der Waals surface area contributed by atoms with E-state index in [2.05, 4.69) is 15.6 Å². The summed E-state index contributed by atoms with van der Waals surface area (Å²) in [7, 11) is 0. The number of hydrogen-bond donors (Lipinski definition) is 2. The smallest absolute Gasteiger partial charge is 0.308 e. The minimum Gasteiger partial charge on any atom is -0.308 e. The summed E-state index contributed by atoms with van der Waals surface area (Å²) in [6, 6.07) is 7.33. The second-order valence-electron chi connectivity index (χ2n) is 7.56. The van der Waals surface area contributed by atoms with E-state index in [-0.39, 0.29) is 27.7 Å². The number of carbonyl (C=O) groups is 1. The maximum absolute atomic E-state index is 14.6. The van der Waals surface area contributed by atoms with Gasteiger partial charge >= 0.3 is 6.03 Å². The van der Waals surface area contributed by atoms with Crippen LogP contribution in [-0.2, 0) is 6.54 Å². The molecule has 4 rings (SSSR count). The number of hydrogen-bond acceptors (Lipinski definition) is 3. The Kier molecular flexibility index (Phi) is 6.30. The van der Waals surface area contributed by atoms with Crippen LogP contribution in [0.15, 0.2) is 53.5 Å². The van der Waals surface area contributed by atoms with Crippen LogP contribution in [0.4, 0.5) is 29.3 Å². The van der Waals surface area contributed by atoms with Crippen molar-refractivity contribution in [3.05, 3.63) is 87.2 Å². The van der Waals surface area contributed by atoms with Crippen molar-refractivity contribution in [1.82, 2.24) is 9.55 Å². The number of halogens is 4. The van der Waals surface area contributed by atoms with E-state index in [1.54, 1.807) is 19.1 Å². The molecule has 0 saturated heterocycles. The number of rotatable bonds is 4. The summed E-state index contributed by atoms with van der Waals surface area (Å²) in [5, 5.41) is 5.47. The van der Waals surface area contributed by atoms with E-state index < -0.39 is 23.5 Å². The van der Waals surface area contributed by atoms with Gasteiger partial charge in [0.05, 0.1) is 11.2 Å². The van der Waals surface area contributed by atoms with E-state index in [1.807, 2.05) is 6.92 Å². The van der Waals surface area contributed by atoms with Crippen LogP contribution >= 0.6 is 11.6 Å². The Balaban J connectivity index is 1.74. The first-order valence-electron chi connectivity index (χ1n) is 10.2. The Labute approximate surface area is 197 Å². The van der Waals surface area contributed by atoms with Crippen LogP contribution in [0, 0.1) is 24.4 Å². The minimum absolute atomic E-state index is 0.144. The third-order valence-electron chi connectivity index (χ3n) is 5.23. The lowest BCUT2D eigenvalue weighted by atomic mass is 9.99. The van der Waals surface area contributed by atoms with Gasteiger partial charge in [-0.15, -0.1) is 0 Å². The van der Waals surface area contributed by atoms with Gasteiger partial charge in [-0.2, -0.15) is 0 Å². The van der Waals surface area contributed by atoms with Gasteiger partial charge in [-0.1, -0.05) is 11.6 Å². The van der Waals surface area contributed by atoms with E-state index in [0.29, 0.717) is 34.6 Å². The van der Waals surface area contributed by atoms with Gasteiger partial charge < -0.3 is 15.2 Å². The average Bonchev–Trinajstić information content (AvgIpc) is 2.75. The van der Waals surface area contributed by atoms with Gasteiger partial charge in [-0.3, -0.25) is 4.79 Å². The van der Waals surface area contributed by atoms with Gasteiger partial charge in [0.1, 0.15) is 22.6 Å². The molecule has 0 aliphatic carbocycles. The molecule has 0 spiro atoms. The number of carbonyl (C=O) groups excluding carboxylic acids is 1. The molecule has 10 heteroatoms. The molecule has 6 nitrogen and oxygen atoms in total. The maximum atomic E-state index is 14.6. The van der Waals surface area contributed by atoms with Crippen LogP contribution in [0.5, 0.6) is 0 Å². The fourth-order valence-corrected chi connectivity index (χ4v) is 3.88. The molecule has 2 aromatic carbocycles. The number of nitrogens with one attached hydrogen (secondary N) is 2. The highest BCUT2D eigenvalue weighted by molar-refractivity contribution is 6.30. The van der Waals surface area contributed by atoms with Crippen LogP contribution in [0.25, 0.3) is 22.0 Å². The monoisotopic (exact) mass is 486 g/mol. The number of fused-ring (bicyclic) bond motifs is 1.